The summed E-state index contributed by atoms with van der Waals surface area (Å²) in [5, 5.41) is 5.17. The van der Waals surface area contributed by atoms with Crippen LogP contribution in [0.1, 0.15) is 40.0 Å². The maximum atomic E-state index is 12.5. The monoisotopic (exact) mass is 328 g/mol. The SMILES string of the molecule is CNC(=O)[C@H](CCN)NC(=O)C1CCCN1C(=O)OC(C)(C)C. The second-order valence-corrected chi connectivity index (χ2v) is 6.58. The van der Waals surface area contributed by atoms with Crippen molar-refractivity contribution in [3.05, 3.63) is 0 Å². The first-order valence-electron chi connectivity index (χ1n) is 7.91. The van der Waals surface area contributed by atoms with Gasteiger partial charge in [-0.1, -0.05) is 0 Å². The summed E-state index contributed by atoms with van der Waals surface area (Å²) in [6.07, 6.45) is 1.10. The molecule has 4 N–H and O–H groups in total. The van der Waals surface area contributed by atoms with Crippen LogP contribution in [0.4, 0.5) is 4.79 Å². The van der Waals surface area contributed by atoms with Gasteiger partial charge < -0.3 is 21.1 Å². The molecule has 1 aliphatic heterocycles. The van der Waals surface area contributed by atoms with Gasteiger partial charge in [-0.2, -0.15) is 0 Å². The highest BCUT2D eigenvalue weighted by atomic mass is 16.6. The van der Waals surface area contributed by atoms with Gasteiger partial charge in [0.1, 0.15) is 17.7 Å². The van der Waals surface area contributed by atoms with Gasteiger partial charge in [-0.15, -0.1) is 0 Å². The Kier molecular flexibility index (Phi) is 6.80. The van der Waals surface area contributed by atoms with E-state index in [9.17, 15) is 14.4 Å². The third kappa shape index (κ3) is 5.70. The Hall–Kier alpha value is -1.83. The summed E-state index contributed by atoms with van der Waals surface area (Å²) >= 11 is 0. The van der Waals surface area contributed by atoms with Crippen molar-refractivity contribution in [2.45, 2.75) is 57.7 Å². The lowest BCUT2D eigenvalue weighted by atomic mass is 10.1. The van der Waals surface area contributed by atoms with Crippen molar-refractivity contribution < 1.29 is 19.1 Å². The normalized spacial score (nSPS) is 19.2. The minimum Gasteiger partial charge on any atom is -0.444 e. The molecule has 8 heteroatoms. The molecule has 1 unspecified atom stereocenters. The fraction of sp³-hybridized carbons (Fsp3) is 0.800. The van der Waals surface area contributed by atoms with E-state index >= 15 is 0 Å². The van der Waals surface area contributed by atoms with E-state index < -0.39 is 23.8 Å². The van der Waals surface area contributed by atoms with E-state index in [1.54, 1.807) is 20.8 Å². The minimum absolute atomic E-state index is 0.277. The van der Waals surface area contributed by atoms with Crippen LogP contribution in [0.15, 0.2) is 0 Å². The van der Waals surface area contributed by atoms with Gasteiger partial charge in [-0.05, 0) is 46.6 Å². The summed E-state index contributed by atoms with van der Waals surface area (Å²) in [6, 6.07) is -1.31. The number of ether oxygens (including phenoxy) is 1. The molecule has 3 amide bonds. The topological polar surface area (TPSA) is 114 Å². The van der Waals surface area contributed by atoms with Gasteiger partial charge in [0.25, 0.3) is 0 Å². The zero-order valence-corrected chi connectivity index (χ0v) is 14.3. The fourth-order valence-corrected chi connectivity index (χ4v) is 2.46. The third-order valence-electron chi connectivity index (χ3n) is 3.52. The summed E-state index contributed by atoms with van der Waals surface area (Å²) in [5.41, 5.74) is 4.86. The second-order valence-electron chi connectivity index (χ2n) is 6.58. The van der Waals surface area contributed by atoms with Gasteiger partial charge >= 0.3 is 6.09 Å². The van der Waals surface area contributed by atoms with Crippen LogP contribution in [0.3, 0.4) is 0 Å². The third-order valence-corrected chi connectivity index (χ3v) is 3.52. The molecule has 1 rings (SSSR count). The zero-order chi connectivity index (χ0) is 17.6. The Labute approximate surface area is 137 Å². The summed E-state index contributed by atoms with van der Waals surface area (Å²) in [7, 11) is 1.50. The predicted molar refractivity (Wildman–Crippen MR) is 85.6 cm³/mol. The van der Waals surface area contributed by atoms with Crippen molar-refractivity contribution in [3.8, 4) is 0 Å². The molecular formula is C15H28N4O4. The molecule has 0 aromatic rings. The molecule has 0 aromatic carbocycles. The Morgan fingerprint density at radius 3 is 2.52 bits per heavy atom. The van der Waals surface area contributed by atoms with Gasteiger partial charge in [0.15, 0.2) is 0 Å². The van der Waals surface area contributed by atoms with Crippen LogP contribution in [0.25, 0.3) is 0 Å². The number of likely N-dealkylation sites (tertiary alicyclic amines) is 1. The molecule has 8 nitrogen and oxygen atoms in total. The molecule has 0 aromatic heterocycles. The highest BCUT2D eigenvalue weighted by Gasteiger charge is 2.37. The summed E-state index contributed by atoms with van der Waals surface area (Å²) in [6.45, 7) is 6.07. The van der Waals surface area contributed by atoms with Crippen LogP contribution >= 0.6 is 0 Å². The fourth-order valence-electron chi connectivity index (χ4n) is 2.46. The maximum absolute atomic E-state index is 12.5. The molecule has 0 bridgehead atoms. The standard InChI is InChI=1S/C15H28N4O4/c1-15(2,3)23-14(22)19-9-5-6-11(19)13(21)18-10(7-8-16)12(20)17-4/h10-11H,5-9,16H2,1-4H3,(H,17,20)(H,18,21)/t10-,11?/m0/s1. The van der Waals surface area contributed by atoms with E-state index in [1.165, 1.54) is 11.9 Å². The number of carbonyl (C=O) groups excluding carboxylic acids is 3. The summed E-state index contributed by atoms with van der Waals surface area (Å²) in [5.74, 6) is -0.652. The molecule has 0 radical (unpaired) electrons. The Morgan fingerprint density at radius 2 is 2.00 bits per heavy atom. The number of carbonyl (C=O) groups is 3. The minimum atomic E-state index is -0.696. The average Bonchev–Trinajstić information content (AvgIpc) is 2.93. The molecular weight excluding hydrogens is 300 g/mol. The van der Waals surface area contributed by atoms with E-state index in [0.29, 0.717) is 19.4 Å². The Balaban J connectivity index is 2.73. The molecule has 1 heterocycles. The first kappa shape index (κ1) is 19.2. The van der Waals surface area contributed by atoms with E-state index in [4.69, 9.17) is 10.5 Å². The van der Waals surface area contributed by atoms with Gasteiger partial charge in [-0.25, -0.2) is 4.79 Å². The van der Waals surface area contributed by atoms with Crippen LogP contribution in [0.2, 0.25) is 0 Å². The quantitative estimate of drug-likeness (QED) is 0.655. The highest BCUT2D eigenvalue weighted by Crippen LogP contribution is 2.21. The summed E-state index contributed by atoms with van der Waals surface area (Å²) in [4.78, 5) is 37.8. The predicted octanol–water partition coefficient (Wildman–Crippen LogP) is -0.0345. The van der Waals surface area contributed by atoms with E-state index in [-0.39, 0.29) is 18.4 Å². The number of nitrogens with zero attached hydrogens (tertiary/aromatic N) is 1. The number of nitrogens with one attached hydrogen (secondary N) is 2. The van der Waals surface area contributed by atoms with Crippen LogP contribution < -0.4 is 16.4 Å². The van der Waals surface area contributed by atoms with Crippen molar-refractivity contribution in [1.82, 2.24) is 15.5 Å². The first-order chi connectivity index (χ1) is 10.7. The maximum Gasteiger partial charge on any atom is 0.410 e. The van der Waals surface area contributed by atoms with Gasteiger partial charge in [-0.3, -0.25) is 14.5 Å². The largest absolute Gasteiger partial charge is 0.444 e. The molecule has 1 aliphatic rings. The van der Waals surface area contributed by atoms with Crippen molar-refractivity contribution in [2.75, 3.05) is 20.1 Å². The molecule has 1 saturated heterocycles. The molecule has 132 valence electrons. The zero-order valence-electron chi connectivity index (χ0n) is 14.3. The Morgan fingerprint density at radius 1 is 1.35 bits per heavy atom. The molecule has 0 spiro atoms. The lowest BCUT2D eigenvalue weighted by Gasteiger charge is -2.29. The van der Waals surface area contributed by atoms with Gasteiger partial charge in [0, 0.05) is 13.6 Å². The van der Waals surface area contributed by atoms with Gasteiger partial charge in [0.2, 0.25) is 11.8 Å². The van der Waals surface area contributed by atoms with E-state index in [0.717, 1.165) is 6.42 Å². The lowest BCUT2D eigenvalue weighted by Crippen LogP contribution is -2.53. The number of hydrogen-bond donors (Lipinski definition) is 3. The number of hydrogen-bond acceptors (Lipinski definition) is 5. The van der Waals surface area contributed by atoms with Crippen molar-refractivity contribution in [3.63, 3.8) is 0 Å². The van der Waals surface area contributed by atoms with Crippen molar-refractivity contribution >= 4 is 17.9 Å². The number of amides is 3. The molecule has 2 atom stereocenters. The Bertz CT molecular complexity index is 447. The van der Waals surface area contributed by atoms with Crippen LogP contribution in [-0.4, -0.2) is 60.6 Å². The van der Waals surface area contributed by atoms with Crippen LogP contribution in [0.5, 0.6) is 0 Å². The van der Waals surface area contributed by atoms with Crippen molar-refractivity contribution in [1.29, 1.82) is 0 Å². The smallest absolute Gasteiger partial charge is 0.410 e. The van der Waals surface area contributed by atoms with Crippen LogP contribution in [-0.2, 0) is 14.3 Å². The molecule has 0 aliphatic carbocycles. The van der Waals surface area contributed by atoms with Crippen molar-refractivity contribution in [2.24, 2.45) is 5.73 Å². The number of nitrogens with two attached hydrogens (primary N) is 1. The van der Waals surface area contributed by atoms with Crippen LogP contribution in [0, 0.1) is 0 Å². The lowest BCUT2D eigenvalue weighted by molar-refractivity contribution is -0.131. The second kappa shape index (κ2) is 8.14. The molecule has 0 saturated carbocycles. The van der Waals surface area contributed by atoms with E-state index in [2.05, 4.69) is 10.6 Å². The average molecular weight is 328 g/mol. The molecule has 23 heavy (non-hydrogen) atoms. The molecule has 1 fully saturated rings. The van der Waals surface area contributed by atoms with E-state index in [1.807, 2.05) is 0 Å². The summed E-state index contributed by atoms with van der Waals surface area (Å²) < 4.78 is 5.33. The first-order valence-corrected chi connectivity index (χ1v) is 7.91. The highest BCUT2D eigenvalue weighted by molar-refractivity contribution is 5.91. The number of rotatable bonds is 5. The number of likely N-dealkylation sites (N-methyl/N-ethyl adjacent to an activating group) is 1. The van der Waals surface area contributed by atoms with Gasteiger partial charge in [0.05, 0.1) is 0 Å².